The summed E-state index contributed by atoms with van der Waals surface area (Å²) in [5.74, 6) is 0.250. The fourth-order valence-electron chi connectivity index (χ4n) is 2.35. The molecule has 0 radical (unpaired) electrons. The van der Waals surface area contributed by atoms with Crippen LogP contribution in [-0.4, -0.2) is 55.2 Å². The first-order chi connectivity index (χ1) is 9.60. The highest BCUT2D eigenvalue weighted by molar-refractivity contribution is 5.87. The summed E-state index contributed by atoms with van der Waals surface area (Å²) in [4.78, 5) is 20.3. The second kappa shape index (κ2) is 6.74. The molecule has 1 fully saturated rings. The van der Waals surface area contributed by atoms with Gasteiger partial charge in [-0.1, -0.05) is 13.8 Å². The van der Waals surface area contributed by atoms with Crippen molar-refractivity contribution < 1.29 is 13.9 Å². The Balaban J connectivity index is 1.89. The molecule has 0 atom stereocenters. The Kier molecular flexibility index (Phi) is 5.00. The van der Waals surface area contributed by atoms with Gasteiger partial charge in [0, 0.05) is 32.7 Å². The first-order valence-corrected chi connectivity index (χ1v) is 7.20. The molecule has 0 aliphatic carbocycles. The van der Waals surface area contributed by atoms with E-state index in [0.717, 1.165) is 32.7 Å². The van der Waals surface area contributed by atoms with Crippen LogP contribution in [0.4, 0.5) is 6.01 Å². The van der Waals surface area contributed by atoms with Crippen molar-refractivity contribution in [3.8, 4) is 0 Å². The van der Waals surface area contributed by atoms with Crippen LogP contribution in [0.1, 0.15) is 31.3 Å². The van der Waals surface area contributed by atoms with Gasteiger partial charge in [-0.25, -0.2) is 4.79 Å². The smallest absolute Gasteiger partial charge is 0.360 e. The summed E-state index contributed by atoms with van der Waals surface area (Å²) in [5.41, 5.74) is 0.242. The zero-order valence-corrected chi connectivity index (χ0v) is 12.5. The van der Waals surface area contributed by atoms with E-state index < -0.39 is 5.97 Å². The molecular formula is C14H23N3O3. The molecule has 1 saturated heterocycles. The molecule has 1 aromatic heterocycles. The minimum absolute atomic E-state index is 0.242. The van der Waals surface area contributed by atoms with Gasteiger partial charge in [0.2, 0.25) is 0 Å². The van der Waals surface area contributed by atoms with Crippen LogP contribution >= 0.6 is 0 Å². The van der Waals surface area contributed by atoms with E-state index in [4.69, 9.17) is 9.15 Å². The van der Waals surface area contributed by atoms with E-state index in [1.807, 2.05) is 0 Å². The molecule has 6 nitrogen and oxygen atoms in total. The number of oxazole rings is 1. The quantitative estimate of drug-likeness (QED) is 0.765. The van der Waals surface area contributed by atoms with Crippen molar-refractivity contribution in [2.45, 2.75) is 20.8 Å². The normalized spacial score (nSPS) is 16.7. The molecule has 0 saturated carbocycles. The van der Waals surface area contributed by atoms with E-state index in [-0.39, 0.29) is 5.69 Å². The van der Waals surface area contributed by atoms with Crippen LogP contribution in [0.2, 0.25) is 0 Å². The van der Waals surface area contributed by atoms with E-state index in [1.165, 1.54) is 6.26 Å². The minimum Gasteiger partial charge on any atom is -0.461 e. The standard InChI is InChI=1S/C14H23N3O3/c1-4-19-13(18)12-10-20-14(15-12)17-7-5-16(6-8-17)9-11(2)3/h10-11H,4-9H2,1-3H3. The molecule has 1 aliphatic rings. The average Bonchev–Trinajstić information content (AvgIpc) is 2.89. The molecule has 2 heterocycles. The third-order valence-electron chi connectivity index (χ3n) is 3.24. The Morgan fingerprint density at radius 3 is 2.70 bits per heavy atom. The number of rotatable bonds is 5. The maximum absolute atomic E-state index is 11.5. The lowest BCUT2D eigenvalue weighted by Gasteiger charge is -2.34. The molecule has 0 amide bonds. The topological polar surface area (TPSA) is 58.8 Å². The summed E-state index contributed by atoms with van der Waals surface area (Å²) >= 11 is 0. The van der Waals surface area contributed by atoms with Crippen molar-refractivity contribution in [3.05, 3.63) is 12.0 Å². The molecule has 112 valence electrons. The number of aromatic nitrogens is 1. The van der Waals surface area contributed by atoms with Crippen LogP contribution in [0, 0.1) is 5.92 Å². The summed E-state index contributed by atoms with van der Waals surface area (Å²) in [6.07, 6.45) is 1.37. The SMILES string of the molecule is CCOC(=O)c1coc(N2CCN(CC(C)C)CC2)n1. The molecule has 0 bridgehead atoms. The van der Waals surface area contributed by atoms with Gasteiger partial charge in [0.1, 0.15) is 6.26 Å². The van der Waals surface area contributed by atoms with Gasteiger partial charge in [0.15, 0.2) is 5.69 Å². The van der Waals surface area contributed by atoms with Crippen LogP contribution < -0.4 is 4.90 Å². The van der Waals surface area contributed by atoms with Crippen LogP contribution in [0.5, 0.6) is 0 Å². The van der Waals surface area contributed by atoms with Crippen LogP contribution in [0.25, 0.3) is 0 Å². The zero-order valence-electron chi connectivity index (χ0n) is 12.5. The molecule has 2 rings (SSSR count). The number of carbonyl (C=O) groups excluding carboxylic acids is 1. The molecule has 6 heteroatoms. The third-order valence-corrected chi connectivity index (χ3v) is 3.24. The lowest BCUT2D eigenvalue weighted by atomic mass is 10.2. The lowest BCUT2D eigenvalue weighted by Crippen LogP contribution is -2.47. The molecule has 0 aromatic carbocycles. The third kappa shape index (κ3) is 3.72. The number of piperazine rings is 1. The van der Waals surface area contributed by atoms with E-state index in [1.54, 1.807) is 6.92 Å². The van der Waals surface area contributed by atoms with Gasteiger partial charge in [-0.15, -0.1) is 0 Å². The lowest BCUT2D eigenvalue weighted by molar-refractivity contribution is 0.0519. The van der Waals surface area contributed by atoms with Crippen molar-refractivity contribution in [1.29, 1.82) is 0 Å². The summed E-state index contributed by atoms with van der Waals surface area (Å²) < 4.78 is 10.3. The maximum Gasteiger partial charge on any atom is 0.360 e. The van der Waals surface area contributed by atoms with Gasteiger partial charge in [-0.2, -0.15) is 4.98 Å². The number of ether oxygens (including phenoxy) is 1. The number of nitrogens with zero attached hydrogens (tertiary/aromatic N) is 3. The first kappa shape index (κ1) is 14.8. The minimum atomic E-state index is -0.430. The second-order valence-electron chi connectivity index (χ2n) is 5.42. The highest BCUT2D eigenvalue weighted by Gasteiger charge is 2.22. The van der Waals surface area contributed by atoms with Gasteiger partial charge in [-0.05, 0) is 12.8 Å². The van der Waals surface area contributed by atoms with Crippen LogP contribution in [0.15, 0.2) is 10.7 Å². The fourth-order valence-corrected chi connectivity index (χ4v) is 2.35. The number of anilines is 1. The van der Waals surface area contributed by atoms with Crippen molar-refractivity contribution in [3.63, 3.8) is 0 Å². The summed E-state index contributed by atoms with van der Waals surface area (Å²) in [6.45, 7) is 11.4. The Hall–Kier alpha value is -1.56. The number of hydrogen-bond acceptors (Lipinski definition) is 6. The number of esters is 1. The van der Waals surface area contributed by atoms with E-state index in [2.05, 4.69) is 28.6 Å². The molecule has 0 spiro atoms. The highest BCUT2D eigenvalue weighted by atomic mass is 16.5. The van der Waals surface area contributed by atoms with E-state index >= 15 is 0 Å². The Morgan fingerprint density at radius 1 is 1.40 bits per heavy atom. The maximum atomic E-state index is 11.5. The van der Waals surface area contributed by atoms with Gasteiger partial charge in [0.05, 0.1) is 6.61 Å². The van der Waals surface area contributed by atoms with E-state index in [9.17, 15) is 4.79 Å². The number of hydrogen-bond donors (Lipinski definition) is 0. The average molecular weight is 281 g/mol. The van der Waals surface area contributed by atoms with Crippen LogP contribution in [0.3, 0.4) is 0 Å². The molecule has 0 unspecified atom stereocenters. The van der Waals surface area contributed by atoms with Crippen LogP contribution in [-0.2, 0) is 4.74 Å². The largest absolute Gasteiger partial charge is 0.461 e. The Morgan fingerprint density at radius 2 is 2.10 bits per heavy atom. The second-order valence-corrected chi connectivity index (χ2v) is 5.42. The van der Waals surface area contributed by atoms with Crippen molar-refractivity contribution in [1.82, 2.24) is 9.88 Å². The highest BCUT2D eigenvalue weighted by Crippen LogP contribution is 2.17. The molecule has 0 N–H and O–H groups in total. The van der Waals surface area contributed by atoms with Crippen molar-refractivity contribution in [2.75, 3.05) is 44.2 Å². The van der Waals surface area contributed by atoms with Gasteiger partial charge in [-0.3, -0.25) is 4.90 Å². The molecule has 1 aromatic rings. The Bertz CT molecular complexity index is 437. The predicted octanol–water partition coefficient (Wildman–Crippen LogP) is 1.63. The monoisotopic (exact) mass is 281 g/mol. The van der Waals surface area contributed by atoms with Crippen molar-refractivity contribution >= 4 is 12.0 Å². The first-order valence-electron chi connectivity index (χ1n) is 7.20. The summed E-state index contributed by atoms with van der Waals surface area (Å²) in [6, 6.07) is 0.511. The van der Waals surface area contributed by atoms with E-state index in [0.29, 0.717) is 18.5 Å². The molecule has 1 aliphatic heterocycles. The van der Waals surface area contributed by atoms with Crippen molar-refractivity contribution in [2.24, 2.45) is 5.92 Å². The van der Waals surface area contributed by atoms with Gasteiger partial charge in [0.25, 0.3) is 6.01 Å². The fraction of sp³-hybridized carbons (Fsp3) is 0.714. The Labute approximate surface area is 119 Å². The summed E-state index contributed by atoms with van der Waals surface area (Å²) in [5, 5.41) is 0. The predicted molar refractivity (Wildman–Crippen MR) is 76.0 cm³/mol. The molecule has 20 heavy (non-hydrogen) atoms. The summed E-state index contributed by atoms with van der Waals surface area (Å²) in [7, 11) is 0. The zero-order chi connectivity index (χ0) is 14.5. The molecular weight excluding hydrogens is 258 g/mol. The van der Waals surface area contributed by atoms with Gasteiger partial charge < -0.3 is 14.1 Å². The number of carbonyl (C=O) groups is 1. The van der Waals surface area contributed by atoms with Gasteiger partial charge >= 0.3 is 5.97 Å².